The summed E-state index contributed by atoms with van der Waals surface area (Å²) in [5, 5.41) is 2.79. The Morgan fingerprint density at radius 2 is 1.71 bits per heavy atom. The van der Waals surface area contributed by atoms with E-state index in [9.17, 15) is 9.59 Å². The molecule has 1 aromatic carbocycles. The molecule has 0 unspecified atom stereocenters. The molecule has 1 saturated heterocycles. The van der Waals surface area contributed by atoms with E-state index in [4.69, 9.17) is 9.47 Å². The number of carbonyl (C=O) groups is 2. The van der Waals surface area contributed by atoms with Crippen LogP contribution in [0.4, 0.5) is 11.5 Å². The Morgan fingerprint density at radius 3 is 2.29 bits per heavy atom. The van der Waals surface area contributed by atoms with E-state index in [2.05, 4.69) is 15.2 Å². The van der Waals surface area contributed by atoms with Crippen molar-refractivity contribution >= 4 is 23.3 Å². The Hall–Kier alpha value is -3.55. The molecule has 3 rings (SSSR count). The average Bonchev–Trinajstić information content (AvgIpc) is 2.78. The maximum atomic E-state index is 12.9. The predicted molar refractivity (Wildman–Crippen MR) is 120 cm³/mol. The van der Waals surface area contributed by atoms with Crippen LogP contribution in [0, 0.1) is 0 Å². The van der Waals surface area contributed by atoms with Crippen LogP contribution < -0.4 is 19.7 Å². The molecule has 31 heavy (non-hydrogen) atoms. The molecule has 2 heterocycles. The van der Waals surface area contributed by atoms with Crippen LogP contribution in [-0.2, 0) is 4.79 Å². The number of piperazine rings is 1. The molecule has 0 aliphatic carbocycles. The second-order valence-corrected chi connectivity index (χ2v) is 7.47. The fourth-order valence-corrected chi connectivity index (χ4v) is 3.38. The number of anilines is 2. The molecular formula is C23H28N4O4. The standard InChI is InChI=1S/C23H28N4O4/c1-16(2)13-22(28)25-18-6-8-21(24-15-18)26-9-11-27(12-10-26)23(29)17-5-7-19(30-3)20(14-17)31-4/h5-8,13-15H,9-12H2,1-4H3,(H,25,28). The topological polar surface area (TPSA) is 84.0 Å². The van der Waals surface area contributed by atoms with Crippen LogP contribution in [0.25, 0.3) is 0 Å². The van der Waals surface area contributed by atoms with Gasteiger partial charge in [0.15, 0.2) is 11.5 Å². The largest absolute Gasteiger partial charge is 0.493 e. The number of benzene rings is 1. The number of allylic oxidation sites excluding steroid dienone is 1. The van der Waals surface area contributed by atoms with Crippen molar-refractivity contribution in [1.82, 2.24) is 9.88 Å². The number of aromatic nitrogens is 1. The first-order valence-corrected chi connectivity index (χ1v) is 10.1. The molecule has 1 aliphatic heterocycles. The van der Waals surface area contributed by atoms with Gasteiger partial charge in [-0.2, -0.15) is 0 Å². The van der Waals surface area contributed by atoms with Crippen molar-refractivity contribution in [2.45, 2.75) is 13.8 Å². The van der Waals surface area contributed by atoms with Gasteiger partial charge in [0.1, 0.15) is 5.82 Å². The lowest BCUT2D eigenvalue weighted by molar-refractivity contribution is -0.111. The van der Waals surface area contributed by atoms with Crippen molar-refractivity contribution in [2.75, 3.05) is 50.6 Å². The summed E-state index contributed by atoms with van der Waals surface area (Å²) < 4.78 is 10.5. The van der Waals surface area contributed by atoms with Gasteiger partial charge in [0.05, 0.1) is 26.1 Å². The van der Waals surface area contributed by atoms with Gasteiger partial charge in [-0.15, -0.1) is 0 Å². The molecule has 2 amide bonds. The third-order valence-corrected chi connectivity index (χ3v) is 4.96. The molecule has 8 nitrogen and oxygen atoms in total. The van der Waals surface area contributed by atoms with Gasteiger partial charge in [0.25, 0.3) is 5.91 Å². The summed E-state index contributed by atoms with van der Waals surface area (Å²) >= 11 is 0. The molecule has 0 radical (unpaired) electrons. The minimum absolute atomic E-state index is 0.0362. The van der Waals surface area contributed by atoms with E-state index in [-0.39, 0.29) is 11.8 Å². The van der Waals surface area contributed by atoms with E-state index in [0.29, 0.717) is 48.9 Å². The number of hydrogen-bond donors (Lipinski definition) is 1. The normalized spacial score (nSPS) is 13.4. The molecule has 1 fully saturated rings. The Bertz CT molecular complexity index is 960. The minimum atomic E-state index is -0.170. The van der Waals surface area contributed by atoms with Crippen LogP contribution in [0.15, 0.2) is 48.2 Å². The number of nitrogens with one attached hydrogen (secondary N) is 1. The van der Waals surface area contributed by atoms with Crippen molar-refractivity contribution in [2.24, 2.45) is 0 Å². The highest BCUT2D eigenvalue weighted by Crippen LogP contribution is 2.28. The molecule has 1 aliphatic rings. The van der Waals surface area contributed by atoms with Crippen LogP contribution in [0.3, 0.4) is 0 Å². The molecule has 0 atom stereocenters. The molecule has 8 heteroatoms. The zero-order chi connectivity index (χ0) is 22.4. The summed E-state index contributed by atoms with van der Waals surface area (Å²) in [6.07, 6.45) is 3.19. The number of amides is 2. The van der Waals surface area contributed by atoms with E-state index in [0.717, 1.165) is 11.4 Å². The number of hydrogen-bond acceptors (Lipinski definition) is 6. The quantitative estimate of drug-likeness (QED) is 0.718. The summed E-state index contributed by atoms with van der Waals surface area (Å²) in [5.41, 5.74) is 2.15. The van der Waals surface area contributed by atoms with Crippen LogP contribution in [0.2, 0.25) is 0 Å². The van der Waals surface area contributed by atoms with Crippen LogP contribution in [0.5, 0.6) is 11.5 Å². The van der Waals surface area contributed by atoms with Crippen LogP contribution in [-0.4, -0.2) is 62.1 Å². The van der Waals surface area contributed by atoms with Crippen LogP contribution in [0.1, 0.15) is 24.2 Å². The number of rotatable bonds is 6. The third kappa shape index (κ3) is 5.53. The predicted octanol–water partition coefficient (Wildman–Crippen LogP) is 2.97. The summed E-state index contributed by atoms with van der Waals surface area (Å²) in [7, 11) is 3.12. The Morgan fingerprint density at radius 1 is 1.00 bits per heavy atom. The zero-order valence-corrected chi connectivity index (χ0v) is 18.3. The summed E-state index contributed by atoms with van der Waals surface area (Å²) in [6, 6.07) is 8.91. The van der Waals surface area contributed by atoms with Gasteiger partial charge in [0.2, 0.25) is 5.91 Å². The first kappa shape index (κ1) is 22.1. The van der Waals surface area contributed by atoms with Gasteiger partial charge in [-0.1, -0.05) is 5.57 Å². The van der Waals surface area contributed by atoms with E-state index < -0.39 is 0 Å². The maximum Gasteiger partial charge on any atom is 0.254 e. The molecule has 1 aromatic heterocycles. The summed E-state index contributed by atoms with van der Waals surface area (Å²) in [4.78, 5) is 33.1. The first-order valence-electron chi connectivity index (χ1n) is 10.1. The molecular weight excluding hydrogens is 396 g/mol. The molecule has 2 aromatic rings. The molecule has 0 bridgehead atoms. The minimum Gasteiger partial charge on any atom is -0.493 e. The summed E-state index contributed by atoms with van der Waals surface area (Å²) in [6.45, 7) is 6.28. The second kappa shape index (κ2) is 9.97. The van der Waals surface area contributed by atoms with Crippen molar-refractivity contribution in [3.63, 3.8) is 0 Å². The fraction of sp³-hybridized carbons (Fsp3) is 0.348. The molecule has 164 valence electrons. The Balaban J connectivity index is 1.58. The molecule has 1 N–H and O–H groups in total. The SMILES string of the molecule is COc1ccc(C(=O)N2CCN(c3ccc(NC(=O)C=C(C)C)cn3)CC2)cc1OC. The number of pyridine rings is 1. The highest BCUT2D eigenvalue weighted by atomic mass is 16.5. The van der Waals surface area contributed by atoms with Crippen molar-refractivity contribution in [3.05, 3.63) is 53.7 Å². The summed E-state index contributed by atoms with van der Waals surface area (Å²) in [5.74, 6) is 1.74. The van der Waals surface area contributed by atoms with Crippen molar-refractivity contribution in [1.29, 1.82) is 0 Å². The Labute approximate surface area is 182 Å². The van der Waals surface area contributed by atoms with E-state index >= 15 is 0 Å². The lowest BCUT2D eigenvalue weighted by atomic mass is 10.1. The Kier molecular flexibility index (Phi) is 7.12. The van der Waals surface area contributed by atoms with E-state index in [1.165, 1.54) is 0 Å². The van der Waals surface area contributed by atoms with Crippen LogP contribution >= 0.6 is 0 Å². The van der Waals surface area contributed by atoms with Gasteiger partial charge in [0, 0.05) is 37.8 Å². The van der Waals surface area contributed by atoms with Gasteiger partial charge >= 0.3 is 0 Å². The lowest BCUT2D eigenvalue weighted by Crippen LogP contribution is -2.49. The third-order valence-electron chi connectivity index (χ3n) is 4.96. The number of ether oxygens (including phenoxy) is 2. The van der Waals surface area contributed by atoms with E-state index in [1.54, 1.807) is 44.7 Å². The highest BCUT2D eigenvalue weighted by molar-refractivity contribution is 5.99. The average molecular weight is 425 g/mol. The van der Waals surface area contributed by atoms with Gasteiger partial charge in [-0.3, -0.25) is 9.59 Å². The van der Waals surface area contributed by atoms with Gasteiger partial charge in [-0.25, -0.2) is 4.98 Å². The molecule has 0 saturated carbocycles. The fourth-order valence-electron chi connectivity index (χ4n) is 3.38. The zero-order valence-electron chi connectivity index (χ0n) is 18.3. The first-order chi connectivity index (χ1) is 14.9. The van der Waals surface area contributed by atoms with E-state index in [1.807, 2.05) is 30.9 Å². The smallest absolute Gasteiger partial charge is 0.254 e. The maximum absolute atomic E-state index is 12.9. The van der Waals surface area contributed by atoms with Gasteiger partial charge in [-0.05, 0) is 44.2 Å². The van der Waals surface area contributed by atoms with Crippen molar-refractivity contribution in [3.8, 4) is 11.5 Å². The number of carbonyl (C=O) groups excluding carboxylic acids is 2. The monoisotopic (exact) mass is 424 g/mol. The second-order valence-electron chi connectivity index (χ2n) is 7.47. The molecule has 0 spiro atoms. The number of nitrogens with zero attached hydrogens (tertiary/aromatic N) is 3. The van der Waals surface area contributed by atoms with Gasteiger partial charge < -0.3 is 24.6 Å². The highest BCUT2D eigenvalue weighted by Gasteiger charge is 2.23. The number of methoxy groups -OCH3 is 2. The lowest BCUT2D eigenvalue weighted by Gasteiger charge is -2.35. The van der Waals surface area contributed by atoms with Crippen molar-refractivity contribution < 1.29 is 19.1 Å².